The average molecular weight is 499 g/mol. The Kier molecular flexibility index (Phi) is 8.38. The van der Waals surface area contributed by atoms with E-state index in [4.69, 9.17) is 18.9 Å². The van der Waals surface area contributed by atoms with E-state index in [1.165, 1.54) is 14.2 Å². The first-order valence-corrected chi connectivity index (χ1v) is 12.1. The van der Waals surface area contributed by atoms with E-state index in [2.05, 4.69) is 31.4 Å². The van der Waals surface area contributed by atoms with Crippen molar-refractivity contribution in [1.82, 2.24) is 10.6 Å². The van der Waals surface area contributed by atoms with Crippen LogP contribution in [0.1, 0.15) is 60.7 Å². The number of methoxy groups -OCH3 is 4. The molecule has 0 aliphatic heterocycles. The molecule has 0 heterocycles. The number of hydrogen-bond acceptors (Lipinski definition) is 6. The summed E-state index contributed by atoms with van der Waals surface area (Å²) in [6.07, 6.45) is 2.49. The molecule has 3 rings (SSSR count). The van der Waals surface area contributed by atoms with Crippen molar-refractivity contribution in [3.05, 3.63) is 47.5 Å². The number of hydrogen-bond donors (Lipinski definition) is 2. The predicted octanol–water partition coefficient (Wildman–Crippen LogP) is 4.47. The molecule has 2 aromatic rings. The molecule has 1 fully saturated rings. The lowest BCUT2D eigenvalue weighted by Gasteiger charge is -2.47. The van der Waals surface area contributed by atoms with Gasteiger partial charge in [-0.25, -0.2) is 0 Å². The maximum atomic E-state index is 13.2. The van der Waals surface area contributed by atoms with Crippen molar-refractivity contribution in [3.63, 3.8) is 0 Å². The van der Waals surface area contributed by atoms with Gasteiger partial charge in [-0.05, 0) is 54.4 Å². The maximum Gasteiger partial charge on any atom is 0.255 e. The minimum Gasteiger partial charge on any atom is -0.497 e. The summed E-state index contributed by atoms with van der Waals surface area (Å²) in [4.78, 5) is 26.2. The van der Waals surface area contributed by atoms with E-state index in [0.717, 1.165) is 19.3 Å². The number of carbonyl (C=O) groups is 2. The van der Waals surface area contributed by atoms with Crippen LogP contribution in [0.25, 0.3) is 0 Å². The van der Waals surface area contributed by atoms with Gasteiger partial charge in [0, 0.05) is 24.7 Å². The van der Waals surface area contributed by atoms with Crippen LogP contribution >= 0.6 is 0 Å². The number of benzene rings is 2. The highest BCUT2D eigenvalue weighted by Gasteiger charge is 2.42. The molecule has 0 spiro atoms. The Morgan fingerprint density at radius 2 is 1.33 bits per heavy atom. The van der Waals surface area contributed by atoms with Crippen LogP contribution in [0.2, 0.25) is 0 Å². The van der Waals surface area contributed by atoms with E-state index >= 15 is 0 Å². The molecule has 2 unspecified atom stereocenters. The molecule has 196 valence electrons. The largest absolute Gasteiger partial charge is 0.497 e. The summed E-state index contributed by atoms with van der Waals surface area (Å²) in [6.45, 7) is 7.03. The molecule has 2 amide bonds. The first-order chi connectivity index (χ1) is 17.0. The highest BCUT2D eigenvalue weighted by Crippen LogP contribution is 2.46. The monoisotopic (exact) mass is 498 g/mol. The molecule has 36 heavy (non-hydrogen) atoms. The van der Waals surface area contributed by atoms with Gasteiger partial charge in [0.2, 0.25) is 0 Å². The van der Waals surface area contributed by atoms with Crippen LogP contribution in [0.3, 0.4) is 0 Å². The van der Waals surface area contributed by atoms with Gasteiger partial charge in [-0.15, -0.1) is 0 Å². The normalized spacial score (nSPS) is 20.7. The Morgan fingerprint density at radius 1 is 0.806 bits per heavy atom. The molecule has 2 N–H and O–H groups in total. The molecule has 0 aromatic heterocycles. The summed E-state index contributed by atoms with van der Waals surface area (Å²) in [5, 5.41) is 6.29. The third kappa shape index (κ3) is 6.42. The third-order valence-electron chi connectivity index (χ3n) is 6.76. The van der Waals surface area contributed by atoms with Crippen LogP contribution in [0, 0.1) is 10.8 Å². The second kappa shape index (κ2) is 11.1. The molecular formula is C28H38N2O6. The molecule has 1 aliphatic rings. The standard InChI is InChI=1S/C28H38N2O6/c1-27(2)14-18(30-26(32)22-11-9-20(34-5)13-24(22)36-7)15-28(3,16-27)17-29-25(31)21-10-8-19(33-4)12-23(21)35-6/h8-13,18H,14-17H2,1-7H3,(H,29,31)(H,30,32). The van der Waals surface area contributed by atoms with Gasteiger partial charge in [-0.2, -0.15) is 0 Å². The number of rotatable bonds is 9. The Hall–Kier alpha value is -3.42. The number of amides is 2. The van der Waals surface area contributed by atoms with E-state index in [0.29, 0.717) is 40.7 Å². The fourth-order valence-corrected chi connectivity index (χ4v) is 5.49. The van der Waals surface area contributed by atoms with E-state index < -0.39 is 0 Å². The summed E-state index contributed by atoms with van der Waals surface area (Å²) >= 11 is 0. The van der Waals surface area contributed by atoms with Crippen molar-refractivity contribution in [1.29, 1.82) is 0 Å². The second-order valence-corrected chi connectivity index (χ2v) is 10.5. The molecule has 1 aliphatic carbocycles. The van der Waals surface area contributed by atoms with Gasteiger partial charge in [0.05, 0.1) is 39.6 Å². The summed E-state index contributed by atoms with van der Waals surface area (Å²) in [7, 11) is 6.21. The van der Waals surface area contributed by atoms with Crippen LogP contribution in [-0.4, -0.2) is 52.8 Å². The maximum absolute atomic E-state index is 13.2. The number of nitrogens with one attached hydrogen (secondary N) is 2. The quantitative estimate of drug-likeness (QED) is 0.530. The summed E-state index contributed by atoms with van der Waals surface area (Å²) < 4.78 is 21.3. The van der Waals surface area contributed by atoms with E-state index in [9.17, 15) is 9.59 Å². The van der Waals surface area contributed by atoms with Gasteiger partial charge >= 0.3 is 0 Å². The van der Waals surface area contributed by atoms with Crippen LogP contribution in [0.15, 0.2) is 36.4 Å². The van der Waals surface area contributed by atoms with Gasteiger partial charge in [-0.1, -0.05) is 20.8 Å². The molecular weight excluding hydrogens is 460 g/mol. The molecule has 2 aromatic carbocycles. The van der Waals surface area contributed by atoms with Crippen LogP contribution in [-0.2, 0) is 0 Å². The molecule has 0 radical (unpaired) electrons. The molecule has 1 saturated carbocycles. The average Bonchev–Trinajstić information content (AvgIpc) is 2.85. The van der Waals surface area contributed by atoms with Crippen molar-refractivity contribution in [2.24, 2.45) is 10.8 Å². The van der Waals surface area contributed by atoms with Gasteiger partial charge in [-0.3, -0.25) is 9.59 Å². The topological polar surface area (TPSA) is 95.1 Å². The summed E-state index contributed by atoms with van der Waals surface area (Å²) in [5.74, 6) is 1.77. The molecule has 2 atom stereocenters. The zero-order valence-electron chi connectivity index (χ0n) is 22.3. The van der Waals surface area contributed by atoms with Gasteiger partial charge in [0.15, 0.2) is 0 Å². The van der Waals surface area contributed by atoms with Crippen LogP contribution in [0.5, 0.6) is 23.0 Å². The van der Waals surface area contributed by atoms with Crippen molar-refractivity contribution in [2.75, 3.05) is 35.0 Å². The van der Waals surface area contributed by atoms with E-state index in [-0.39, 0.29) is 28.7 Å². The molecule has 8 nitrogen and oxygen atoms in total. The lowest BCUT2D eigenvalue weighted by atomic mass is 9.62. The van der Waals surface area contributed by atoms with Crippen molar-refractivity contribution >= 4 is 11.8 Å². The van der Waals surface area contributed by atoms with Crippen LogP contribution in [0.4, 0.5) is 0 Å². The molecule has 0 saturated heterocycles. The van der Waals surface area contributed by atoms with Crippen molar-refractivity contribution < 1.29 is 28.5 Å². The Morgan fingerprint density at radius 3 is 1.83 bits per heavy atom. The fourth-order valence-electron chi connectivity index (χ4n) is 5.49. The number of ether oxygens (including phenoxy) is 4. The first-order valence-electron chi connectivity index (χ1n) is 12.1. The SMILES string of the molecule is COc1ccc(C(=O)NCC2(C)CC(NC(=O)c3ccc(OC)cc3OC)CC(C)(C)C2)c(OC)c1. The zero-order valence-corrected chi connectivity index (χ0v) is 22.3. The summed E-state index contributed by atoms with van der Waals surface area (Å²) in [6, 6.07) is 10.2. The Labute approximate surface area is 213 Å². The second-order valence-electron chi connectivity index (χ2n) is 10.5. The minimum atomic E-state index is -0.209. The number of carbonyl (C=O) groups excluding carboxylic acids is 2. The molecule has 0 bridgehead atoms. The Bertz CT molecular complexity index is 1100. The highest BCUT2D eigenvalue weighted by atomic mass is 16.5. The fraction of sp³-hybridized carbons (Fsp3) is 0.500. The van der Waals surface area contributed by atoms with Gasteiger partial charge in [0.1, 0.15) is 23.0 Å². The predicted molar refractivity (Wildman–Crippen MR) is 138 cm³/mol. The van der Waals surface area contributed by atoms with Crippen molar-refractivity contribution in [3.8, 4) is 23.0 Å². The van der Waals surface area contributed by atoms with E-state index in [1.807, 2.05) is 0 Å². The molecule has 8 heteroatoms. The zero-order chi connectivity index (χ0) is 26.5. The van der Waals surface area contributed by atoms with Crippen molar-refractivity contribution in [2.45, 2.75) is 46.1 Å². The smallest absolute Gasteiger partial charge is 0.255 e. The van der Waals surface area contributed by atoms with E-state index in [1.54, 1.807) is 50.6 Å². The summed E-state index contributed by atoms with van der Waals surface area (Å²) in [5.41, 5.74) is 0.688. The van der Waals surface area contributed by atoms with Gasteiger partial charge in [0.25, 0.3) is 11.8 Å². The third-order valence-corrected chi connectivity index (χ3v) is 6.76. The highest BCUT2D eigenvalue weighted by molar-refractivity contribution is 5.98. The lowest BCUT2D eigenvalue weighted by molar-refractivity contribution is 0.0590. The minimum absolute atomic E-state index is 0.0164. The van der Waals surface area contributed by atoms with Crippen LogP contribution < -0.4 is 29.6 Å². The first kappa shape index (κ1) is 27.2. The lowest BCUT2D eigenvalue weighted by Crippen LogP contribution is -2.50. The Balaban J connectivity index is 1.71. The van der Waals surface area contributed by atoms with Gasteiger partial charge < -0.3 is 29.6 Å².